The molecule has 0 bridgehead atoms. The van der Waals surface area contributed by atoms with E-state index in [2.05, 4.69) is 0 Å². The van der Waals surface area contributed by atoms with Crippen LogP contribution >= 0.6 is 0 Å². The first kappa shape index (κ1) is 19.7. The average Bonchev–Trinajstić information content (AvgIpc) is 2.75. The normalized spacial score (nSPS) is 18.8. The van der Waals surface area contributed by atoms with E-state index in [1.54, 1.807) is 62.8 Å². The van der Waals surface area contributed by atoms with Crippen molar-refractivity contribution in [2.45, 2.75) is 37.9 Å². The van der Waals surface area contributed by atoms with Crippen LogP contribution in [0, 0.1) is 0 Å². The summed E-state index contributed by atoms with van der Waals surface area (Å²) in [5.41, 5.74) is 0.811. The van der Waals surface area contributed by atoms with Crippen molar-refractivity contribution in [2.75, 3.05) is 14.2 Å². The van der Waals surface area contributed by atoms with Crippen LogP contribution in [0.4, 0.5) is 0 Å². The lowest BCUT2D eigenvalue weighted by molar-refractivity contribution is -0.0514. The van der Waals surface area contributed by atoms with Crippen LogP contribution in [-0.4, -0.2) is 38.4 Å². The molecule has 2 atom stereocenters. The molecule has 0 N–H and O–H groups in total. The van der Waals surface area contributed by atoms with E-state index in [0.29, 0.717) is 35.5 Å². The minimum absolute atomic E-state index is 0.405. The highest BCUT2D eigenvalue weighted by Gasteiger charge is 2.32. The zero-order chi connectivity index (χ0) is 19.9. The van der Waals surface area contributed by atoms with Crippen LogP contribution < -0.4 is 9.47 Å². The van der Waals surface area contributed by atoms with Crippen LogP contribution in [0.5, 0.6) is 11.5 Å². The Morgan fingerprint density at radius 3 is 1.57 bits per heavy atom. The number of carbonyl (C=O) groups is 2. The summed E-state index contributed by atoms with van der Waals surface area (Å²) in [5.74, 6) is 0.264. The maximum atomic E-state index is 12.5. The van der Waals surface area contributed by atoms with Crippen molar-refractivity contribution in [3.63, 3.8) is 0 Å². The lowest BCUT2D eigenvalue weighted by atomic mass is 9.94. The number of benzene rings is 2. The molecule has 3 rings (SSSR count). The molecule has 0 spiro atoms. The van der Waals surface area contributed by atoms with Gasteiger partial charge in [0, 0.05) is 0 Å². The highest BCUT2D eigenvalue weighted by atomic mass is 16.6. The summed E-state index contributed by atoms with van der Waals surface area (Å²) in [6.07, 6.45) is 2.22. The van der Waals surface area contributed by atoms with Crippen molar-refractivity contribution in [2.24, 2.45) is 0 Å². The Bertz CT molecular complexity index is 762. The van der Waals surface area contributed by atoms with Gasteiger partial charge in [0.15, 0.2) is 0 Å². The number of methoxy groups -OCH3 is 2. The molecule has 28 heavy (non-hydrogen) atoms. The first-order valence-electron chi connectivity index (χ1n) is 9.31. The van der Waals surface area contributed by atoms with E-state index in [4.69, 9.17) is 18.9 Å². The van der Waals surface area contributed by atoms with Gasteiger partial charge >= 0.3 is 11.9 Å². The Kier molecular flexibility index (Phi) is 6.53. The standard InChI is InChI=1S/C22H24O6/c1-25-17-9-5-7-15(13-17)21(23)27-19-11-3-4-12-20(19)28-22(24)16-8-6-10-18(14-16)26-2/h5-10,13-14,19-20H,3-4,11-12H2,1-2H3. The van der Waals surface area contributed by atoms with E-state index in [1.165, 1.54) is 0 Å². The summed E-state index contributed by atoms with van der Waals surface area (Å²) >= 11 is 0. The molecule has 0 aliphatic heterocycles. The highest BCUT2D eigenvalue weighted by Crippen LogP contribution is 2.26. The number of esters is 2. The zero-order valence-corrected chi connectivity index (χ0v) is 16.1. The first-order valence-corrected chi connectivity index (χ1v) is 9.31. The third kappa shape index (κ3) is 4.82. The predicted molar refractivity (Wildman–Crippen MR) is 103 cm³/mol. The van der Waals surface area contributed by atoms with Gasteiger partial charge in [-0.25, -0.2) is 9.59 Å². The molecule has 1 aliphatic carbocycles. The molecule has 6 nitrogen and oxygen atoms in total. The summed E-state index contributed by atoms with van der Waals surface area (Å²) in [4.78, 5) is 25.1. The second-order valence-electron chi connectivity index (χ2n) is 6.64. The maximum absolute atomic E-state index is 12.5. The molecule has 2 unspecified atom stereocenters. The molecule has 0 radical (unpaired) electrons. The monoisotopic (exact) mass is 384 g/mol. The zero-order valence-electron chi connectivity index (χ0n) is 16.1. The van der Waals surface area contributed by atoms with Crippen LogP contribution in [0.1, 0.15) is 46.4 Å². The third-order valence-electron chi connectivity index (χ3n) is 4.77. The quantitative estimate of drug-likeness (QED) is 0.701. The first-order chi connectivity index (χ1) is 13.6. The van der Waals surface area contributed by atoms with E-state index in [9.17, 15) is 9.59 Å². The van der Waals surface area contributed by atoms with E-state index < -0.39 is 24.1 Å². The van der Waals surface area contributed by atoms with Gasteiger partial charge in [-0.15, -0.1) is 0 Å². The summed E-state index contributed by atoms with van der Waals surface area (Å²) in [6.45, 7) is 0. The Labute approximate surface area is 164 Å². The van der Waals surface area contributed by atoms with Gasteiger partial charge in [0.2, 0.25) is 0 Å². The SMILES string of the molecule is COc1cccc(C(=O)OC2CCCCC2OC(=O)c2cccc(OC)c2)c1. The van der Waals surface area contributed by atoms with Crippen molar-refractivity contribution in [3.8, 4) is 11.5 Å². The molecule has 2 aromatic carbocycles. The fourth-order valence-electron chi connectivity index (χ4n) is 3.24. The molecule has 0 amide bonds. The largest absolute Gasteiger partial charge is 0.497 e. The minimum atomic E-state index is -0.470. The van der Waals surface area contributed by atoms with Gasteiger partial charge in [-0.3, -0.25) is 0 Å². The van der Waals surface area contributed by atoms with Gasteiger partial charge in [-0.05, 0) is 62.1 Å². The molecule has 0 saturated heterocycles. The Balaban J connectivity index is 1.67. The molecule has 1 saturated carbocycles. The van der Waals surface area contributed by atoms with Crippen LogP contribution in [0.3, 0.4) is 0 Å². The van der Waals surface area contributed by atoms with Crippen LogP contribution in [-0.2, 0) is 9.47 Å². The van der Waals surface area contributed by atoms with E-state index >= 15 is 0 Å². The molecule has 6 heteroatoms. The predicted octanol–water partition coefficient (Wildman–Crippen LogP) is 4.03. The fourth-order valence-corrected chi connectivity index (χ4v) is 3.24. The average molecular weight is 384 g/mol. The molecule has 2 aromatic rings. The molecule has 0 aromatic heterocycles. The number of hydrogen-bond acceptors (Lipinski definition) is 6. The second-order valence-corrected chi connectivity index (χ2v) is 6.64. The number of rotatable bonds is 6. The number of hydrogen-bond donors (Lipinski definition) is 0. The van der Waals surface area contributed by atoms with Crippen molar-refractivity contribution in [1.29, 1.82) is 0 Å². The summed E-state index contributed by atoms with van der Waals surface area (Å²) in [5, 5.41) is 0. The Morgan fingerprint density at radius 2 is 1.18 bits per heavy atom. The van der Waals surface area contributed by atoms with E-state index in [0.717, 1.165) is 12.8 Å². The molecule has 148 valence electrons. The van der Waals surface area contributed by atoms with Gasteiger partial charge < -0.3 is 18.9 Å². The van der Waals surface area contributed by atoms with Crippen LogP contribution in [0.15, 0.2) is 48.5 Å². The lowest BCUT2D eigenvalue weighted by Gasteiger charge is -2.30. The summed E-state index contributed by atoms with van der Waals surface area (Å²) in [6, 6.07) is 13.6. The van der Waals surface area contributed by atoms with Gasteiger partial charge in [0.1, 0.15) is 23.7 Å². The Morgan fingerprint density at radius 1 is 0.750 bits per heavy atom. The van der Waals surface area contributed by atoms with Crippen LogP contribution in [0.2, 0.25) is 0 Å². The minimum Gasteiger partial charge on any atom is -0.497 e. The summed E-state index contributed by atoms with van der Waals surface area (Å²) < 4.78 is 21.6. The molecule has 1 aliphatic rings. The number of carbonyl (C=O) groups excluding carboxylic acids is 2. The van der Waals surface area contributed by atoms with Crippen LogP contribution in [0.25, 0.3) is 0 Å². The Hall–Kier alpha value is -3.02. The van der Waals surface area contributed by atoms with E-state index in [1.807, 2.05) is 0 Å². The highest BCUT2D eigenvalue weighted by molar-refractivity contribution is 5.91. The van der Waals surface area contributed by atoms with Gasteiger partial charge in [0.05, 0.1) is 25.3 Å². The lowest BCUT2D eigenvalue weighted by Crippen LogP contribution is -2.37. The van der Waals surface area contributed by atoms with Crippen molar-refractivity contribution < 1.29 is 28.5 Å². The molecular formula is C22H24O6. The van der Waals surface area contributed by atoms with Gasteiger partial charge in [0.25, 0.3) is 0 Å². The third-order valence-corrected chi connectivity index (χ3v) is 4.77. The maximum Gasteiger partial charge on any atom is 0.338 e. The van der Waals surface area contributed by atoms with Crippen molar-refractivity contribution in [1.82, 2.24) is 0 Å². The fraction of sp³-hybridized carbons (Fsp3) is 0.364. The van der Waals surface area contributed by atoms with Crippen molar-refractivity contribution in [3.05, 3.63) is 59.7 Å². The smallest absolute Gasteiger partial charge is 0.338 e. The number of ether oxygens (including phenoxy) is 4. The van der Waals surface area contributed by atoms with Gasteiger partial charge in [-0.2, -0.15) is 0 Å². The second kappa shape index (κ2) is 9.26. The molecule has 1 fully saturated rings. The van der Waals surface area contributed by atoms with Crippen molar-refractivity contribution >= 4 is 11.9 Å². The molecular weight excluding hydrogens is 360 g/mol. The molecule has 0 heterocycles. The van der Waals surface area contributed by atoms with Gasteiger partial charge in [-0.1, -0.05) is 12.1 Å². The van der Waals surface area contributed by atoms with E-state index in [-0.39, 0.29) is 0 Å². The summed E-state index contributed by atoms with van der Waals surface area (Å²) in [7, 11) is 3.08. The topological polar surface area (TPSA) is 71.1 Å².